The lowest BCUT2D eigenvalue weighted by molar-refractivity contribution is -0.291. The van der Waals surface area contributed by atoms with Crippen LogP contribution < -0.4 is 5.73 Å². The fourth-order valence-corrected chi connectivity index (χ4v) is 1.54. The summed E-state index contributed by atoms with van der Waals surface area (Å²) >= 11 is 0. The third-order valence-electron chi connectivity index (χ3n) is 2.74. The maximum absolute atomic E-state index is 13.1. The fourth-order valence-electron chi connectivity index (χ4n) is 1.54. The third-order valence-corrected chi connectivity index (χ3v) is 2.74. The van der Waals surface area contributed by atoms with E-state index in [4.69, 9.17) is 0 Å². The molecule has 0 heterocycles. The molecule has 132 valence electrons. The van der Waals surface area contributed by atoms with Gasteiger partial charge in [0.05, 0.1) is 11.1 Å². The highest BCUT2D eigenvalue weighted by Gasteiger charge is 2.62. The molecule has 0 bridgehead atoms. The minimum absolute atomic E-state index is 0.278. The van der Waals surface area contributed by atoms with Gasteiger partial charge in [0.2, 0.25) is 0 Å². The zero-order chi connectivity index (χ0) is 18.4. The Balaban J connectivity index is 3.53. The average molecular weight is 361 g/mol. The number of hydrogen-bond donors (Lipinski definition) is 1. The van der Waals surface area contributed by atoms with E-state index in [1.54, 1.807) is 0 Å². The van der Waals surface area contributed by atoms with Gasteiger partial charge in [-0.15, -0.1) is 0 Å². The second kappa shape index (κ2) is 5.49. The van der Waals surface area contributed by atoms with Gasteiger partial charge in [-0.1, -0.05) is 0 Å². The standard InChI is InChI=1S/C11H6F11N/c12-8(13,11(20,21)22)7(23)4-1-5(9(14,15)16)3-6(2-4)10(17,18)19/h1-3,7H,23H2/t7-/m0/s1. The first kappa shape index (κ1) is 19.5. The number of nitrogens with two attached hydrogens (primary N) is 1. The van der Waals surface area contributed by atoms with Crippen LogP contribution in [0.3, 0.4) is 0 Å². The summed E-state index contributed by atoms with van der Waals surface area (Å²) in [7, 11) is 0. The summed E-state index contributed by atoms with van der Waals surface area (Å²) in [5.74, 6) is -5.72. The molecule has 0 aliphatic rings. The minimum Gasteiger partial charge on any atom is -0.319 e. The largest absolute Gasteiger partial charge is 0.455 e. The van der Waals surface area contributed by atoms with E-state index in [0.717, 1.165) is 0 Å². The Morgan fingerprint density at radius 3 is 1.26 bits per heavy atom. The van der Waals surface area contributed by atoms with Crippen molar-refractivity contribution in [3.63, 3.8) is 0 Å². The van der Waals surface area contributed by atoms with Crippen LogP contribution in [0.4, 0.5) is 48.3 Å². The molecule has 1 aromatic carbocycles. The highest BCUT2D eigenvalue weighted by atomic mass is 19.4. The molecule has 0 spiro atoms. The van der Waals surface area contributed by atoms with Gasteiger partial charge in [-0.25, -0.2) is 0 Å². The van der Waals surface area contributed by atoms with Crippen molar-refractivity contribution in [2.75, 3.05) is 0 Å². The van der Waals surface area contributed by atoms with Gasteiger partial charge >= 0.3 is 24.5 Å². The first-order valence-corrected chi connectivity index (χ1v) is 5.47. The smallest absolute Gasteiger partial charge is 0.319 e. The fraction of sp³-hybridized carbons (Fsp3) is 0.455. The number of alkyl halides is 11. The van der Waals surface area contributed by atoms with Crippen molar-refractivity contribution >= 4 is 0 Å². The minimum atomic E-state index is -6.25. The lowest BCUT2D eigenvalue weighted by atomic mass is 9.96. The molecule has 23 heavy (non-hydrogen) atoms. The van der Waals surface area contributed by atoms with Crippen molar-refractivity contribution in [3.05, 3.63) is 34.9 Å². The van der Waals surface area contributed by atoms with E-state index in [2.05, 4.69) is 5.73 Å². The summed E-state index contributed by atoms with van der Waals surface area (Å²) < 4.78 is 138. The highest BCUT2D eigenvalue weighted by Crippen LogP contribution is 2.45. The Morgan fingerprint density at radius 2 is 1.00 bits per heavy atom. The van der Waals surface area contributed by atoms with Gasteiger partial charge in [-0.3, -0.25) is 0 Å². The predicted octanol–water partition coefficient (Wildman–Crippen LogP) is 4.92. The van der Waals surface area contributed by atoms with Crippen LogP contribution in [0.5, 0.6) is 0 Å². The normalized spacial score (nSPS) is 15.7. The summed E-state index contributed by atoms with van der Waals surface area (Å²) in [6, 6.07) is -4.41. The Labute approximate surface area is 120 Å². The summed E-state index contributed by atoms with van der Waals surface area (Å²) in [4.78, 5) is 0. The second-order valence-electron chi connectivity index (χ2n) is 4.44. The van der Waals surface area contributed by atoms with E-state index < -0.39 is 53.2 Å². The van der Waals surface area contributed by atoms with Crippen molar-refractivity contribution in [3.8, 4) is 0 Å². The zero-order valence-electron chi connectivity index (χ0n) is 10.5. The molecule has 0 saturated heterocycles. The molecule has 1 nitrogen and oxygen atoms in total. The van der Waals surface area contributed by atoms with Crippen LogP contribution in [0.1, 0.15) is 22.7 Å². The summed E-state index contributed by atoms with van der Waals surface area (Å²) in [5, 5.41) is 0. The second-order valence-corrected chi connectivity index (χ2v) is 4.44. The van der Waals surface area contributed by atoms with Gasteiger partial charge in [-0.05, 0) is 23.8 Å². The highest BCUT2D eigenvalue weighted by molar-refractivity contribution is 5.36. The summed E-state index contributed by atoms with van der Waals surface area (Å²) in [6.07, 6.45) is -17.1. The van der Waals surface area contributed by atoms with Crippen molar-refractivity contribution < 1.29 is 48.3 Å². The van der Waals surface area contributed by atoms with Gasteiger partial charge in [0, 0.05) is 0 Å². The maximum atomic E-state index is 13.1. The monoisotopic (exact) mass is 361 g/mol. The van der Waals surface area contributed by atoms with E-state index in [-0.39, 0.29) is 12.1 Å². The average Bonchev–Trinajstić information content (AvgIpc) is 2.33. The Hall–Kier alpha value is -1.59. The topological polar surface area (TPSA) is 26.0 Å². The van der Waals surface area contributed by atoms with E-state index in [1.165, 1.54) is 0 Å². The maximum Gasteiger partial charge on any atom is 0.455 e. The molecule has 0 fully saturated rings. The van der Waals surface area contributed by atoms with Gasteiger partial charge in [0.15, 0.2) is 0 Å². The Morgan fingerprint density at radius 1 is 0.652 bits per heavy atom. The molecular weight excluding hydrogens is 355 g/mol. The zero-order valence-corrected chi connectivity index (χ0v) is 10.5. The molecule has 1 atom stereocenters. The molecule has 0 radical (unpaired) electrons. The van der Waals surface area contributed by atoms with Gasteiger partial charge in [0.1, 0.15) is 6.04 Å². The van der Waals surface area contributed by atoms with Gasteiger partial charge in [-0.2, -0.15) is 48.3 Å². The molecule has 0 aromatic heterocycles. The van der Waals surface area contributed by atoms with Crippen LogP contribution in [-0.2, 0) is 12.4 Å². The molecule has 0 amide bonds. The van der Waals surface area contributed by atoms with E-state index >= 15 is 0 Å². The Bertz CT molecular complexity index is 535. The lowest BCUT2D eigenvalue weighted by Gasteiger charge is -2.27. The van der Waals surface area contributed by atoms with Crippen molar-refractivity contribution in [1.82, 2.24) is 0 Å². The molecule has 1 rings (SSSR count). The SMILES string of the molecule is N[C@@H](c1cc(C(F)(F)F)cc(C(F)(F)F)c1)C(F)(F)C(F)(F)F. The van der Waals surface area contributed by atoms with Crippen LogP contribution in [0.2, 0.25) is 0 Å². The quantitative estimate of drug-likeness (QED) is 0.744. The predicted molar refractivity (Wildman–Crippen MR) is 54.4 cm³/mol. The van der Waals surface area contributed by atoms with Crippen LogP contribution in [-0.4, -0.2) is 12.1 Å². The number of hydrogen-bond acceptors (Lipinski definition) is 1. The number of rotatable bonds is 2. The first-order chi connectivity index (χ1) is 9.98. The van der Waals surface area contributed by atoms with Crippen molar-refractivity contribution in [2.45, 2.75) is 30.5 Å². The molecule has 0 saturated carbocycles. The van der Waals surface area contributed by atoms with E-state index in [9.17, 15) is 48.3 Å². The van der Waals surface area contributed by atoms with Crippen LogP contribution in [0, 0.1) is 0 Å². The lowest BCUT2D eigenvalue weighted by Crippen LogP contribution is -2.46. The van der Waals surface area contributed by atoms with Crippen LogP contribution in [0.15, 0.2) is 18.2 Å². The first-order valence-electron chi connectivity index (χ1n) is 5.47. The third kappa shape index (κ3) is 4.03. The number of halogens is 11. The molecule has 0 aliphatic carbocycles. The van der Waals surface area contributed by atoms with Gasteiger partial charge < -0.3 is 5.73 Å². The molecule has 0 unspecified atom stereocenters. The summed E-state index contributed by atoms with van der Waals surface area (Å²) in [5.41, 5.74) is -1.16. The molecular formula is C11H6F11N. The number of benzene rings is 1. The molecule has 1 aromatic rings. The Kier molecular flexibility index (Phi) is 4.65. The van der Waals surface area contributed by atoms with E-state index in [1.807, 2.05) is 0 Å². The molecule has 0 aliphatic heterocycles. The van der Waals surface area contributed by atoms with Gasteiger partial charge in [0.25, 0.3) is 0 Å². The van der Waals surface area contributed by atoms with Crippen molar-refractivity contribution in [1.29, 1.82) is 0 Å². The summed E-state index contributed by atoms with van der Waals surface area (Å²) in [6.45, 7) is 0. The molecule has 2 N–H and O–H groups in total. The van der Waals surface area contributed by atoms with Crippen molar-refractivity contribution in [2.24, 2.45) is 5.73 Å². The van der Waals surface area contributed by atoms with Crippen LogP contribution in [0.25, 0.3) is 0 Å². The van der Waals surface area contributed by atoms with E-state index in [0.29, 0.717) is 0 Å². The molecule has 12 heteroatoms. The van der Waals surface area contributed by atoms with Crippen LogP contribution >= 0.6 is 0 Å².